The fourth-order valence-electron chi connectivity index (χ4n) is 2.52. The second-order valence-electron chi connectivity index (χ2n) is 5.73. The Balaban J connectivity index is 2.07. The van der Waals surface area contributed by atoms with Crippen LogP contribution in [0.2, 0.25) is 0 Å². The van der Waals surface area contributed by atoms with E-state index in [9.17, 15) is 9.90 Å². The number of aromatic nitrogens is 2. The summed E-state index contributed by atoms with van der Waals surface area (Å²) in [4.78, 5) is 14.3. The van der Waals surface area contributed by atoms with Gasteiger partial charge in [0.1, 0.15) is 0 Å². The lowest BCUT2D eigenvalue weighted by atomic mass is 10.0. The van der Waals surface area contributed by atoms with E-state index in [0.717, 1.165) is 25.2 Å². The highest BCUT2D eigenvalue weighted by atomic mass is 16.3. The minimum absolute atomic E-state index is 0.129. The molecule has 1 aromatic heterocycles. The molecule has 2 heterocycles. The van der Waals surface area contributed by atoms with E-state index in [1.807, 2.05) is 13.8 Å². The fraction of sp³-hybridized carbons (Fsp3) is 0.733. The topological polar surface area (TPSA) is 58.4 Å². The molecular weight excluding hydrogens is 254 g/mol. The molecule has 2 rings (SSSR count). The first-order valence-electron chi connectivity index (χ1n) is 7.62. The van der Waals surface area contributed by atoms with Gasteiger partial charge in [0.05, 0.1) is 24.5 Å². The van der Waals surface area contributed by atoms with E-state index >= 15 is 0 Å². The van der Waals surface area contributed by atoms with Crippen LogP contribution in [0, 0.1) is 5.92 Å². The van der Waals surface area contributed by atoms with Gasteiger partial charge in [0.2, 0.25) is 0 Å². The van der Waals surface area contributed by atoms with Crippen molar-refractivity contribution in [2.24, 2.45) is 5.92 Å². The smallest absolute Gasteiger partial charge is 0.268 e. The second-order valence-corrected chi connectivity index (χ2v) is 5.73. The van der Waals surface area contributed by atoms with Gasteiger partial charge in [-0.1, -0.05) is 20.3 Å². The third kappa shape index (κ3) is 3.60. The van der Waals surface area contributed by atoms with Gasteiger partial charge in [-0.2, -0.15) is 5.10 Å². The van der Waals surface area contributed by atoms with Crippen LogP contribution in [0.5, 0.6) is 0 Å². The van der Waals surface area contributed by atoms with Gasteiger partial charge in [-0.15, -0.1) is 0 Å². The first kappa shape index (κ1) is 15.0. The zero-order valence-electron chi connectivity index (χ0n) is 12.5. The molecule has 20 heavy (non-hydrogen) atoms. The van der Waals surface area contributed by atoms with Crippen LogP contribution in [0.3, 0.4) is 0 Å². The number of piperidine rings is 1. The molecular formula is C15H25N3O2. The largest absolute Gasteiger partial charge is 0.391 e. The molecule has 2 unspecified atom stereocenters. The van der Waals surface area contributed by atoms with E-state index in [4.69, 9.17) is 0 Å². The predicted molar refractivity (Wildman–Crippen MR) is 80.0 cm³/mol. The summed E-state index contributed by atoms with van der Waals surface area (Å²) < 4.78 is 1.37. The van der Waals surface area contributed by atoms with E-state index in [-0.39, 0.29) is 18.0 Å². The predicted octanol–water partition coefficient (Wildman–Crippen LogP) is 1.64. The number of hydrogen-bond donors (Lipinski definition) is 1. The Kier molecular flexibility index (Phi) is 5.17. The van der Waals surface area contributed by atoms with Gasteiger partial charge in [0, 0.05) is 19.2 Å². The molecule has 1 aliphatic rings. The summed E-state index contributed by atoms with van der Waals surface area (Å²) in [5, 5.41) is 14.2. The molecule has 112 valence electrons. The van der Waals surface area contributed by atoms with Crippen molar-refractivity contribution < 1.29 is 5.11 Å². The SMILES string of the molecule is CCC(C)C(O)Cn1ncc(N2CCCCC2)cc1=O. The molecule has 1 N–H and O–H groups in total. The lowest BCUT2D eigenvalue weighted by Crippen LogP contribution is -2.34. The average Bonchev–Trinajstić information content (AvgIpc) is 2.49. The number of anilines is 1. The number of rotatable bonds is 5. The highest BCUT2D eigenvalue weighted by molar-refractivity contribution is 5.43. The summed E-state index contributed by atoms with van der Waals surface area (Å²) in [5.74, 6) is 0.172. The van der Waals surface area contributed by atoms with E-state index in [1.165, 1.54) is 23.9 Å². The van der Waals surface area contributed by atoms with E-state index in [0.29, 0.717) is 0 Å². The lowest BCUT2D eigenvalue weighted by Gasteiger charge is -2.28. The van der Waals surface area contributed by atoms with Crippen molar-refractivity contribution in [1.82, 2.24) is 9.78 Å². The van der Waals surface area contributed by atoms with Gasteiger partial charge in [-0.05, 0) is 25.2 Å². The van der Waals surface area contributed by atoms with Crippen molar-refractivity contribution in [2.75, 3.05) is 18.0 Å². The summed E-state index contributed by atoms with van der Waals surface area (Å²) in [6.45, 7) is 6.29. The van der Waals surface area contributed by atoms with Crippen LogP contribution in [-0.4, -0.2) is 34.1 Å². The lowest BCUT2D eigenvalue weighted by molar-refractivity contribution is 0.0912. The molecule has 0 spiro atoms. The van der Waals surface area contributed by atoms with E-state index in [1.54, 1.807) is 12.3 Å². The summed E-state index contributed by atoms with van der Waals surface area (Å²) in [6, 6.07) is 1.64. The molecule has 1 fully saturated rings. The average molecular weight is 279 g/mol. The van der Waals surface area contributed by atoms with Gasteiger partial charge in [0.15, 0.2) is 0 Å². The maximum atomic E-state index is 12.1. The molecule has 0 aliphatic carbocycles. The third-order valence-corrected chi connectivity index (χ3v) is 4.24. The minimum Gasteiger partial charge on any atom is -0.391 e. The molecule has 0 bridgehead atoms. The molecule has 5 nitrogen and oxygen atoms in total. The summed E-state index contributed by atoms with van der Waals surface area (Å²) >= 11 is 0. The van der Waals surface area contributed by atoms with Gasteiger partial charge in [-0.3, -0.25) is 4.79 Å². The number of hydrogen-bond acceptors (Lipinski definition) is 4. The fourth-order valence-corrected chi connectivity index (χ4v) is 2.52. The van der Waals surface area contributed by atoms with Crippen LogP contribution >= 0.6 is 0 Å². The second kappa shape index (κ2) is 6.88. The summed E-state index contributed by atoms with van der Waals surface area (Å²) in [7, 11) is 0. The molecule has 0 aromatic carbocycles. The van der Waals surface area contributed by atoms with E-state index in [2.05, 4.69) is 10.00 Å². The maximum absolute atomic E-state index is 12.1. The molecule has 1 aromatic rings. The quantitative estimate of drug-likeness (QED) is 0.890. The standard InChI is InChI=1S/C15H25N3O2/c1-3-12(2)14(19)11-18-15(20)9-13(10-16-18)17-7-5-4-6-8-17/h9-10,12,14,19H,3-8,11H2,1-2H3. The Morgan fingerprint density at radius 1 is 1.35 bits per heavy atom. The summed E-state index contributed by atoms with van der Waals surface area (Å²) in [5.41, 5.74) is 0.777. The van der Waals surface area contributed by atoms with E-state index < -0.39 is 6.10 Å². The Morgan fingerprint density at radius 3 is 2.65 bits per heavy atom. The molecule has 0 amide bonds. The zero-order valence-corrected chi connectivity index (χ0v) is 12.5. The molecule has 0 radical (unpaired) electrons. The van der Waals surface area contributed by atoms with Crippen molar-refractivity contribution in [2.45, 2.75) is 52.2 Å². The molecule has 0 saturated carbocycles. The van der Waals surface area contributed by atoms with Gasteiger partial charge < -0.3 is 10.0 Å². The highest BCUT2D eigenvalue weighted by Crippen LogP contribution is 2.17. The highest BCUT2D eigenvalue weighted by Gasteiger charge is 2.16. The monoisotopic (exact) mass is 279 g/mol. The van der Waals surface area contributed by atoms with Crippen LogP contribution < -0.4 is 10.5 Å². The van der Waals surface area contributed by atoms with Crippen LogP contribution in [0.25, 0.3) is 0 Å². The molecule has 1 saturated heterocycles. The zero-order chi connectivity index (χ0) is 14.5. The summed E-state index contributed by atoms with van der Waals surface area (Å²) in [6.07, 6.45) is 5.73. The van der Waals surface area contributed by atoms with Crippen molar-refractivity contribution >= 4 is 5.69 Å². The van der Waals surface area contributed by atoms with Crippen LogP contribution in [-0.2, 0) is 6.54 Å². The van der Waals surface area contributed by atoms with Gasteiger partial charge in [-0.25, -0.2) is 4.68 Å². The maximum Gasteiger partial charge on any atom is 0.268 e. The van der Waals surface area contributed by atoms with Crippen molar-refractivity contribution in [3.8, 4) is 0 Å². The number of aliphatic hydroxyl groups is 1. The van der Waals surface area contributed by atoms with Crippen molar-refractivity contribution in [3.63, 3.8) is 0 Å². The van der Waals surface area contributed by atoms with Gasteiger partial charge >= 0.3 is 0 Å². The number of nitrogens with zero attached hydrogens (tertiary/aromatic N) is 3. The molecule has 5 heteroatoms. The first-order valence-corrected chi connectivity index (χ1v) is 7.62. The minimum atomic E-state index is -0.522. The third-order valence-electron chi connectivity index (χ3n) is 4.24. The van der Waals surface area contributed by atoms with Crippen molar-refractivity contribution in [3.05, 3.63) is 22.6 Å². The Hall–Kier alpha value is -1.36. The first-order chi connectivity index (χ1) is 9.61. The van der Waals surface area contributed by atoms with Crippen LogP contribution in [0.1, 0.15) is 39.5 Å². The van der Waals surface area contributed by atoms with Crippen LogP contribution in [0.15, 0.2) is 17.1 Å². The molecule has 2 atom stereocenters. The number of aliphatic hydroxyl groups excluding tert-OH is 1. The van der Waals surface area contributed by atoms with Crippen molar-refractivity contribution in [1.29, 1.82) is 0 Å². The molecule has 1 aliphatic heterocycles. The Labute approximate surface area is 120 Å². The van der Waals surface area contributed by atoms with Crippen LogP contribution in [0.4, 0.5) is 5.69 Å². The Morgan fingerprint density at radius 2 is 2.05 bits per heavy atom. The Bertz CT molecular complexity index is 480. The normalized spacial score (nSPS) is 18.9. The van der Waals surface area contributed by atoms with Gasteiger partial charge in [0.25, 0.3) is 5.56 Å².